The van der Waals surface area contributed by atoms with E-state index >= 15 is 0 Å². The van der Waals surface area contributed by atoms with Gasteiger partial charge in [-0.15, -0.1) is 0 Å². The van der Waals surface area contributed by atoms with Gasteiger partial charge in [0.15, 0.2) is 0 Å². The smallest absolute Gasteiger partial charge is 0.438 e. The number of hydrogen-bond acceptors (Lipinski definition) is 4. The highest BCUT2D eigenvalue weighted by molar-refractivity contribution is 5.89. The number of alkyl halides is 3. The molecule has 22 heavy (non-hydrogen) atoms. The van der Waals surface area contributed by atoms with Crippen molar-refractivity contribution in [3.8, 4) is 5.75 Å². The first-order valence-corrected chi connectivity index (χ1v) is 6.58. The fraction of sp³-hybridized carbons (Fsp3) is 0.429. The van der Waals surface area contributed by atoms with Crippen molar-refractivity contribution >= 4 is 11.6 Å². The molecule has 1 aromatic carbocycles. The Balaban J connectivity index is 2.13. The lowest BCUT2D eigenvalue weighted by Gasteiger charge is -2.32. The Morgan fingerprint density at radius 2 is 2.05 bits per heavy atom. The Kier molecular flexibility index (Phi) is 4.15. The maximum Gasteiger partial charge on any atom is 0.438 e. The Morgan fingerprint density at radius 3 is 2.64 bits per heavy atom. The molecule has 2 N–H and O–H groups in total. The Morgan fingerprint density at radius 1 is 1.41 bits per heavy atom. The van der Waals surface area contributed by atoms with E-state index in [1.54, 1.807) is 18.2 Å². The maximum atomic E-state index is 13.0. The summed E-state index contributed by atoms with van der Waals surface area (Å²) in [7, 11) is 0. The zero-order valence-corrected chi connectivity index (χ0v) is 11.8. The number of halogens is 3. The van der Waals surface area contributed by atoms with E-state index in [-0.39, 0.29) is 29.3 Å². The molecule has 0 saturated carbocycles. The van der Waals surface area contributed by atoms with E-state index in [1.807, 2.05) is 0 Å². The molecular formula is C14H15F3N2O3. The van der Waals surface area contributed by atoms with Gasteiger partial charge in [0.05, 0.1) is 0 Å². The molecule has 1 aliphatic rings. The van der Waals surface area contributed by atoms with Crippen LogP contribution in [0.15, 0.2) is 29.4 Å². The van der Waals surface area contributed by atoms with E-state index < -0.39 is 24.2 Å². The number of para-hydroxylation sites is 1. The lowest BCUT2D eigenvalue weighted by Crippen LogP contribution is -2.56. The molecule has 8 heteroatoms. The van der Waals surface area contributed by atoms with Gasteiger partial charge in [0.25, 0.3) is 5.72 Å². The molecule has 0 saturated heterocycles. The van der Waals surface area contributed by atoms with Crippen LogP contribution < -0.4 is 0 Å². The van der Waals surface area contributed by atoms with Crippen LogP contribution in [0.4, 0.5) is 13.2 Å². The highest BCUT2D eigenvalue weighted by Gasteiger charge is 2.62. The van der Waals surface area contributed by atoms with Gasteiger partial charge in [0, 0.05) is 18.6 Å². The van der Waals surface area contributed by atoms with E-state index in [0.717, 1.165) is 0 Å². The lowest BCUT2D eigenvalue weighted by atomic mass is 10.1. The minimum atomic E-state index is -5.00. The minimum absolute atomic E-state index is 0.0238. The van der Waals surface area contributed by atoms with Crippen molar-refractivity contribution in [3.05, 3.63) is 29.8 Å². The summed E-state index contributed by atoms with van der Waals surface area (Å²) in [4.78, 5) is 12.0. The predicted octanol–water partition coefficient (Wildman–Crippen LogP) is 2.18. The second-order valence-electron chi connectivity index (χ2n) is 5.16. The maximum absolute atomic E-state index is 13.0. The largest absolute Gasteiger partial charge is 0.508 e. The highest BCUT2D eigenvalue weighted by atomic mass is 19.4. The number of phenols is 1. The van der Waals surface area contributed by atoms with Crippen LogP contribution in [0.2, 0.25) is 0 Å². The number of benzene rings is 1. The Labute approximate surface area is 124 Å². The summed E-state index contributed by atoms with van der Waals surface area (Å²) in [6.45, 7) is 1.31. The second-order valence-corrected chi connectivity index (χ2v) is 5.16. The van der Waals surface area contributed by atoms with Crippen molar-refractivity contribution in [2.24, 2.45) is 5.10 Å². The van der Waals surface area contributed by atoms with Crippen molar-refractivity contribution in [2.75, 3.05) is 0 Å². The van der Waals surface area contributed by atoms with Gasteiger partial charge in [-0.3, -0.25) is 4.79 Å². The zero-order chi connectivity index (χ0) is 16.5. The summed E-state index contributed by atoms with van der Waals surface area (Å²) in [5.41, 5.74) is -2.84. The van der Waals surface area contributed by atoms with Crippen LogP contribution in [-0.4, -0.2) is 38.7 Å². The molecule has 2 rings (SSSR count). The fourth-order valence-electron chi connectivity index (χ4n) is 2.27. The van der Waals surface area contributed by atoms with Gasteiger partial charge in [-0.25, -0.2) is 0 Å². The molecule has 0 fully saturated rings. The molecule has 1 aliphatic heterocycles. The number of hydrazone groups is 1. The van der Waals surface area contributed by atoms with E-state index in [9.17, 15) is 28.2 Å². The third-order valence-corrected chi connectivity index (χ3v) is 3.41. The molecule has 1 heterocycles. The molecule has 0 aliphatic carbocycles. The molecule has 1 atom stereocenters. The number of carbonyl (C=O) groups excluding carboxylic acids is 1. The standard InChI is InChI=1S/C14H15F3N2O3/c1-9-8-13(22,14(15,16)17)19(18-9)12(21)7-6-10-4-2-3-5-11(10)20/h2-5,20,22H,6-8H2,1H3/t13-/m1/s1. The normalized spacial score (nSPS) is 21.9. The Bertz CT molecular complexity index is 616. The molecule has 1 aromatic rings. The van der Waals surface area contributed by atoms with Crippen molar-refractivity contribution in [3.63, 3.8) is 0 Å². The van der Waals surface area contributed by atoms with Crippen molar-refractivity contribution in [1.82, 2.24) is 5.01 Å². The average molecular weight is 316 g/mol. The molecular weight excluding hydrogens is 301 g/mol. The van der Waals surface area contributed by atoms with Gasteiger partial charge in [0.1, 0.15) is 5.75 Å². The van der Waals surface area contributed by atoms with E-state index in [1.165, 1.54) is 13.0 Å². The number of rotatable bonds is 3. The number of hydrogen-bond donors (Lipinski definition) is 2. The van der Waals surface area contributed by atoms with Crippen LogP contribution in [0.25, 0.3) is 0 Å². The molecule has 0 bridgehead atoms. The van der Waals surface area contributed by atoms with Crippen LogP contribution in [0.5, 0.6) is 5.75 Å². The van der Waals surface area contributed by atoms with Crippen LogP contribution in [0.1, 0.15) is 25.3 Å². The molecule has 0 spiro atoms. The molecule has 1 amide bonds. The number of carbonyl (C=O) groups is 1. The van der Waals surface area contributed by atoms with Crippen LogP contribution in [0, 0.1) is 0 Å². The zero-order valence-electron chi connectivity index (χ0n) is 11.8. The van der Waals surface area contributed by atoms with Crippen LogP contribution in [-0.2, 0) is 11.2 Å². The first-order valence-electron chi connectivity index (χ1n) is 6.58. The van der Waals surface area contributed by atoms with Gasteiger partial charge >= 0.3 is 6.18 Å². The number of aliphatic hydroxyl groups is 1. The first kappa shape index (κ1) is 16.3. The van der Waals surface area contributed by atoms with Crippen LogP contribution in [0.3, 0.4) is 0 Å². The van der Waals surface area contributed by atoms with Crippen LogP contribution >= 0.6 is 0 Å². The number of nitrogens with zero attached hydrogens (tertiary/aromatic N) is 2. The molecule has 5 nitrogen and oxygen atoms in total. The predicted molar refractivity (Wildman–Crippen MR) is 72.0 cm³/mol. The monoisotopic (exact) mass is 316 g/mol. The third-order valence-electron chi connectivity index (χ3n) is 3.41. The highest BCUT2D eigenvalue weighted by Crippen LogP contribution is 2.40. The van der Waals surface area contributed by atoms with E-state index in [0.29, 0.717) is 5.56 Å². The van der Waals surface area contributed by atoms with E-state index in [4.69, 9.17) is 0 Å². The summed E-state index contributed by atoms with van der Waals surface area (Å²) < 4.78 is 39.0. The molecule has 0 aromatic heterocycles. The minimum Gasteiger partial charge on any atom is -0.508 e. The molecule has 0 radical (unpaired) electrons. The summed E-state index contributed by atoms with van der Waals surface area (Å²) in [6.07, 6.45) is -6.03. The van der Waals surface area contributed by atoms with Gasteiger partial charge < -0.3 is 10.2 Å². The molecule has 0 unspecified atom stereocenters. The Hall–Kier alpha value is -2.09. The second kappa shape index (κ2) is 5.60. The number of amides is 1. The average Bonchev–Trinajstić information content (AvgIpc) is 2.73. The van der Waals surface area contributed by atoms with Gasteiger partial charge in [0.2, 0.25) is 5.91 Å². The van der Waals surface area contributed by atoms with Crippen molar-refractivity contribution in [1.29, 1.82) is 0 Å². The molecule has 120 valence electrons. The summed E-state index contributed by atoms with van der Waals surface area (Å²) in [5.74, 6) is -0.998. The lowest BCUT2D eigenvalue weighted by molar-refractivity contribution is -0.302. The number of aryl methyl sites for hydroxylation is 1. The van der Waals surface area contributed by atoms with Crippen molar-refractivity contribution < 1.29 is 28.2 Å². The van der Waals surface area contributed by atoms with Gasteiger partial charge in [-0.2, -0.15) is 23.3 Å². The van der Waals surface area contributed by atoms with Gasteiger partial charge in [-0.05, 0) is 25.0 Å². The summed E-state index contributed by atoms with van der Waals surface area (Å²) >= 11 is 0. The summed E-state index contributed by atoms with van der Waals surface area (Å²) in [5, 5.41) is 23.0. The van der Waals surface area contributed by atoms with Gasteiger partial charge in [-0.1, -0.05) is 18.2 Å². The topological polar surface area (TPSA) is 73.1 Å². The SMILES string of the molecule is CC1=NN(C(=O)CCc2ccccc2O)[C@](O)(C(F)(F)F)C1. The number of aromatic hydroxyl groups is 1. The first-order chi connectivity index (χ1) is 10.1. The van der Waals surface area contributed by atoms with E-state index in [2.05, 4.69) is 5.10 Å². The fourth-order valence-corrected chi connectivity index (χ4v) is 2.27. The summed E-state index contributed by atoms with van der Waals surface area (Å²) in [6, 6.07) is 6.22. The quantitative estimate of drug-likeness (QED) is 0.898. The third kappa shape index (κ3) is 2.92. The van der Waals surface area contributed by atoms with Crippen molar-refractivity contribution in [2.45, 2.75) is 38.1 Å². The number of phenolic OH excluding ortho intramolecular Hbond substituents is 1.